The Morgan fingerprint density at radius 2 is 2.12 bits per heavy atom. The Balaban J connectivity index is 1.54. The molecule has 126 valence electrons. The molecule has 0 radical (unpaired) electrons. The predicted octanol–water partition coefficient (Wildman–Crippen LogP) is 2.11. The average Bonchev–Trinajstić information content (AvgIpc) is 3.01. The number of carbonyl (C=O) groups excluding carboxylic acids is 1. The van der Waals surface area contributed by atoms with Gasteiger partial charge in [0, 0.05) is 32.9 Å². The lowest BCUT2D eigenvalue weighted by Crippen LogP contribution is -2.53. The molecule has 3 heterocycles. The molecule has 0 spiro atoms. The molecule has 1 fully saturated rings. The van der Waals surface area contributed by atoms with Crippen LogP contribution in [0, 0.1) is 5.82 Å². The minimum absolute atomic E-state index is 0.0999. The molecule has 0 bridgehead atoms. The lowest BCUT2D eigenvalue weighted by Gasteiger charge is -2.40. The summed E-state index contributed by atoms with van der Waals surface area (Å²) in [5, 5.41) is 4.18. The number of hydrogen-bond acceptors (Lipinski definition) is 3. The summed E-state index contributed by atoms with van der Waals surface area (Å²) in [5.41, 5.74) is 3.07. The number of aryl methyl sites for hydroxylation is 1. The van der Waals surface area contributed by atoms with Gasteiger partial charge in [-0.15, -0.1) is 0 Å². The Kier molecular flexibility index (Phi) is 3.84. The predicted molar refractivity (Wildman–Crippen MR) is 89.1 cm³/mol. The Labute approximate surface area is 140 Å². The van der Waals surface area contributed by atoms with E-state index >= 15 is 0 Å². The zero-order chi connectivity index (χ0) is 16.7. The number of amides is 1. The van der Waals surface area contributed by atoms with Crippen molar-refractivity contribution in [1.29, 1.82) is 0 Å². The summed E-state index contributed by atoms with van der Waals surface area (Å²) >= 11 is 0. The zero-order valence-corrected chi connectivity index (χ0v) is 13.8. The number of halogens is 1. The molecule has 1 aromatic carbocycles. The van der Waals surface area contributed by atoms with Crippen molar-refractivity contribution in [2.24, 2.45) is 7.05 Å². The molecule has 0 aliphatic carbocycles. The molecule has 4 rings (SSSR count). The molecule has 2 aliphatic rings. The number of rotatable bonds is 2. The van der Waals surface area contributed by atoms with E-state index in [1.54, 1.807) is 16.9 Å². The van der Waals surface area contributed by atoms with Crippen molar-refractivity contribution in [2.75, 3.05) is 18.0 Å². The number of aromatic nitrogens is 2. The van der Waals surface area contributed by atoms with Crippen molar-refractivity contribution in [3.8, 4) is 0 Å². The number of carbonyl (C=O) groups is 1. The highest BCUT2D eigenvalue weighted by molar-refractivity contribution is 5.97. The van der Waals surface area contributed by atoms with Crippen molar-refractivity contribution >= 4 is 11.6 Å². The summed E-state index contributed by atoms with van der Waals surface area (Å²) < 4.78 is 15.1. The van der Waals surface area contributed by atoms with Crippen LogP contribution in [0.25, 0.3) is 0 Å². The average molecular weight is 328 g/mol. The van der Waals surface area contributed by atoms with Gasteiger partial charge >= 0.3 is 0 Å². The van der Waals surface area contributed by atoms with Gasteiger partial charge in [0.2, 0.25) is 5.91 Å². The molecular formula is C18H21FN4O. The summed E-state index contributed by atoms with van der Waals surface area (Å²) in [5.74, 6) is -0.0292. The van der Waals surface area contributed by atoms with Gasteiger partial charge in [-0.2, -0.15) is 5.10 Å². The summed E-state index contributed by atoms with van der Waals surface area (Å²) in [6.45, 7) is 2.26. The third-order valence-corrected chi connectivity index (χ3v) is 5.06. The van der Waals surface area contributed by atoms with Gasteiger partial charge in [-0.3, -0.25) is 14.4 Å². The second kappa shape index (κ2) is 6.02. The summed E-state index contributed by atoms with van der Waals surface area (Å²) in [4.78, 5) is 17.1. The molecule has 24 heavy (non-hydrogen) atoms. The molecule has 0 saturated carbocycles. The Morgan fingerprint density at radius 3 is 2.92 bits per heavy atom. The van der Waals surface area contributed by atoms with Crippen LogP contribution in [-0.2, 0) is 24.8 Å². The van der Waals surface area contributed by atoms with Gasteiger partial charge in [0.05, 0.1) is 17.9 Å². The maximum absolute atomic E-state index is 13.4. The van der Waals surface area contributed by atoms with Crippen molar-refractivity contribution in [2.45, 2.75) is 31.8 Å². The maximum Gasteiger partial charge on any atom is 0.244 e. The van der Waals surface area contributed by atoms with Gasteiger partial charge in [0.25, 0.3) is 0 Å². The van der Waals surface area contributed by atoms with E-state index in [1.807, 2.05) is 24.2 Å². The van der Waals surface area contributed by atoms with Crippen molar-refractivity contribution in [1.82, 2.24) is 14.7 Å². The van der Waals surface area contributed by atoms with Crippen molar-refractivity contribution < 1.29 is 9.18 Å². The summed E-state index contributed by atoms with van der Waals surface area (Å²) in [6, 6.07) is 4.88. The van der Waals surface area contributed by atoms with Crippen molar-refractivity contribution in [3.63, 3.8) is 0 Å². The van der Waals surface area contributed by atoms with Crippen LogP contribution < -0.4 is 4.90 Å². The first kappa shape index (κ1) is 15.3. The number of piperidine rings is 1. The van der Waals surface area contributed by atoms with E-state index in [0.29, 0.717) is 6.54 Å². The molecule has 1 saturated heterocycles. The van der Waals surface area contributed by atoms with E-state index in [-0.39, 0.29) is 17.8 Å². The fourth-order valence-corrected chi connectivity index (χ4v) is 3.81. The number of anilines is 1. The number of benzene rings is 1. The van der Waals surface area contributed by atoms with Gasteiger partial charge in [-0.05, 0) is 42.5 Å². The fourth-order valence-electron chi connectivity index (χ4n) is 3.81. The third-order valence-electron chi connectivity index (χ3n) is 5.06. The van der Waals surface area contributed by atoms with Crippen LogP contribution in [0.1, 0.15) is 24.0 Å². The highest BCUT2D eigenvalue weighted by atomic mass is 19.1. The molecule has 6 heteroatoms. The standard InChI is InChI=1S/C18H21FN4O/c1-21-12-16(10-20-21)23-7-2-3-17(18(23)24)22-8-6-13-9-15(19)5-4-14(13)11-22/h4-5,9-10,12,17H,2-3,6-8,11H2,1H3/t17-/m0/s1. The Morgan fingerprint density at radius 1 is 1.25 bits per heavy atom. The number of hydrogen-bond donors (Lipinski definition) is 0. The molecule has 2 aliphatic heterocycles. The monoisotopic (exact) mass is 328 g/mol. The highest BCUT2D eigenvalue weighted by Crippen LogP contribution is 2.27. The van der Waals surface area contributed by atoms with Gasteiger partial charge in [0.1, 0.15) is 5.82 Å². The Bertz CT molecular complexity index is 772. The molecule has 1 aromatic heterocycles. The lowest BCUT2D eigenvalue weighted by molar-refractivity contribution is -0.125. The second-order valence-electron chi connectivity index (χ2n) is 6.65. The SMILES string of the molecule is Cn1cc(N2CCC[C@H](N3CCc4cc(F)ccc4C3)C2=O)cn1. The van der Waals surface area contributed by atoms with Crippen LogP contribution in [0.15, 0.2) is 30.6 Å². The topological polar surface area (TPSA) is 41.4 Å². The zero-order valence-electron chi connectivity index (χ0n) is 13.8. The molecule has 1 atom stereocenters. The first-order chi connectivity index (χ1) is 11.6. The summed E-state index contributed by atoms with van der Waals surface area (Å²) in [7, 11) is 1.86. The van der Waals surface area contributed by atoms with E-state index in [4.69, 9.17) is 0 Å². The van der Waals surface area contributed by atoms with E-state index in [9.17, 15) is 9.18 Å². The van der Waals surface area contributed by atoms with Crippen LogP contribution in [0.3, 0.4) is 0 Å². The maximum atomic E-state index is 13.4. The van der Waals surface area contributed by atoms with E-state index in [2.05, 4.69) is 10.00 Å². The molecule has 5 nitrogen and oxygen atoms in total. The van der Waals surface area contributed by atoms with Crippen molar-refractivity contribution in [3.05, 3.63) is 47.5 Å². The second-order valence-corrected chi connectivity index (χ2v) is 6.65. The third kappa shape index (κ3) is 2.71. The van der Waals surface area contributed by atoms with E-state index in [1.165, 1.54) is 6.07 Å². The molecule has 0 unspecified atom stereocenters. The van der Waals surface area contributed by atoms with E-state index < -0.39 is 0 Å². The van der Waals surface area contributed by atoms with Crippen LogP contribution in [0.4, 0.5) is 10.1 Å². The van der Waals surface area contributed by atoms with Gasteiger partial charge in [-0.25, -0.2) is 4.39 Å². The largest absolute Gasteiger partial charge is 0.308 e. The first-order valence-corrected chi connectivity index (χ1v) is 8.43. The lowest BCUT2D eigenvalue weighted by atomic mass is 9.95. The smallest absolute Gasteiger partial charge is 0.244 e. The minimum Gasteiger partial charge on any atom is -0.308 e. The normalized spacial score (nSPS) is 21.8. The van der Waals surface area contributed by atoms with Crippen LogP contribution in [-0.4, -0.2) is 39.7 Å². The molecular weight excluding hydrogens is 307 g/mol. The Hall–Kier alpha value is -2.21. The molecule has 2 aromatic rings. The highest BCUT2D eigenvalue weighted by Gasteiger charge is 2.35. The summed E-state index contributed by atoms with van der Waals surface area (Å²) in [6.07, 6.45) is 6.29. The molecule has 1 amide bonds. The van der Waals surface area contributed by atoms with Crippen LogP contribution in [0.5, 0.6) is 0 Å². The van der Waals surface area contributed by atoms with Crippen LogP contribution >= 0.6 is 0 Å². The number of nitrogens with zero attached hydrogens (tertiary/aromatic N) is 4. The number of fused-ring (bicyclic) bond motifs is 1. The van der Waals surface area contributed by atoms with E-state index in [0.717, 1.165) is 49.2 Å². The van der Waals surface area contributed by atoms with Crippen LogP contribution in [0.2, 0.25) is 0 Å². The van der Waals surface area contributed by atoms with Gasteiger partial charge in [0.15, 0.2) is 0 Å². The fraction of sp³-hybridized carbons (Fsp3) is 0.444. The molecule has 0 N–H and O–H groups in total. The van der Waals surface area contributed by atoms with Gasteiger partial charge < -0.3 is 4.90 Å². The first-order valence-electron chi connectivity index (χ1n) is 8.43. The quantitative estimate of drug-likeness (QED) is 0.848. The van der Waals surface area contributed by atoms with Gasteiger partial charge in [-0.1, -0.05) is 6.07 Å². The minimum atomic E-state index is -0.182.